The number of carbonyl (C=O) groups excluding carboxylic acids is 3. The number of carbonyl (C=O) groups is 3. The zero-order valence-electron chi connectivity index (χ0n) is 17.4. The average Bonchev–Trinajstić information content (AvgIpc) is 3.37. The molecule has 3 rings (SSSR count). The lowest BCUT2D eigenvalue weighted by Crippen LogP contribution is -2.46. The molecule has 0 aliphatic carbocycles. The normalized spacial score (nSPS) is 11.7. The molecule has 9 heteroatoms. The van der Waals surface area contributed by atoms with E-state index in [0.29, 0.717) is 0 Å². The van der Waals surface area contributed by atoms with Crippen molar-refractivity contribution in [2.24, 2.45) is 0 Å². The van der Waals surface area contributed by atoms with E-state index < -0.39 is 24.0 Å². The van der Waals surface area contributed by atoms with Crippen molar-refractivity contribution in [3.05, 3.63) is 52.7 Å². The number of imide groups is 1. The first kappa shape index (κ1) is 22.6. The fourth-order valence-corrected chi connectivity index (χ4v) is 4.59. The number of nitrogens with zero attached hydrogens (tertiary/aromatic N) is 1. The van der Waals surface area contributed by atoms with Crippen molar-refractivity contribution in [3.63, 3.8) is 0 Å². The van der Waals surface area contributed by atoms with Crippen LogP contribution in [0.3, 0.4) is 0 Å². The van der Waals surface area contributed by atoms with Gasteiger partial charge >= 0.3 is 12.0 Å². The van der Waals surface area contributed by atoms with Gasteiger partial charge in [0.25, 0.3) is 5.91 Å². The Morgan fingerprint density at radius 1 is 1.06 bits per heavy atom. The summed E-state index contributed by atoms with van der Waals surface area (Å²) in [5.74, 6) is -1.24. The van der Waals surface area contributed by atoms with Crippen molar-refractivity contribution in [3.8, 4) is 21.1 Å². The number of hydrogen-bond acceptors (Lipinski definition) is 7. The monoisotopic (exact) mass is 457 g/mol. The number of aromatic nitrogens is 1. The fourth-order valence-electron chi connectivity index (χ4n) is 2.72. The number of benzene rings is 1. The van der Waals surface area contributed by atoms with Crippen molar-refractivity contribution in [2.45, 2.75) is 39.3 Å². The predicted octanol–water partition coefficient (Wildman–Crippen LogP) is 4.25. The Balaban J connectivity index is 1.71. The van der Waals surface area contributed by atoms with Gasteiger partial charge in [0.2, 0.25) is 0 Å². The molecule has 0 saturated carbocycles. The number of thiophene rings is 1. The molecule has 162 valence electrons. The zero-order chi connectivity index (χ0) is 22.4. The first-order chi connectivity index (χ1) is 14.8. The molecule has 0 aliphatic heterocycles. The molecule has 0 fully saturated rings. The van der Waals surface area contributed by atoms with Crippen LogP contribution in [0.4, 0.5) is 4.79 Å². The Bertz CT molecular complexity index is 1050. The summed E-state index contributed by atoms with van der Waals surface area (Å²) in [5.41, 5.74) is 1.71. The highest BCUT2D eigenvalue weighted by molar-refractivity contribution is 7.17. The van der Waals surface area contributed by atoms with Crippen molar-refractivity contribution in [2.75, 3.05) is 0 Å². The van der Waals surface area contributed by atoms with Crippen LogP contribution in [0.1, 0.15) is 25.6 Å². The number of ether oxygens (including phenoxy) is 1. The van der Waals surface area contributed by atoms with E-state index in [1.165, 1.54) is 29.6 Å². The summed E-state index contributed by atoms with van der Waals surface area (Å²) >= 11 is 2.96. The summed E-state index contributed by atoms with van der Waals surface area (Å²) in [6.07, 6.45) is -1.12. The largest absolute Gasteiger partial charge is 0.452 e. The third-order valence-electron chi connectivity index (χ3n) is 4.11. The lowest BCUT2D eigenvalue weighted by Gasteiger charge is -2.14. The van der Waals surface area contributed by atoms with Crippen molar-refractivity contribution in [1.82, 2.24) is 15.6 Å². The molecule has 2 heterocycles. The first-order valence-corrected chi connectivity index (χ1v) is 11.4. The molecule has 0 saturated heterocycles. The number of thiazole rings is 1. The van der Waals surface area contributed by atoms with E-state index in [-0.39, 0.29) is 12.5 Å². The summed E-state index contributed by atoms with van der Waals surface area (Å²) in [7, 11) is 0. The van der Waals surface area contributed by atoms with Gasteiger partial charge in [0, 0.05) is 16.5 Å². The minimum absolute atomic E-state index is 0.0203. The Morgan fingerprint density at radius 3 is 2.45 bits per heavy atom. The van der Waals surface area contributed by atoms with Gasteiger partial charge in [-0.1, -0.05) is 36.4 Å². The quantitative estimate of drug-likeness (QED) is 0.517. The molecule has 3 amide bonds. The smallest absolute Gasteiger partial charge is 0.321 e. The van der Waals surface area contributed by atoms with Crippen LogP contribution >= 0.6 is 22.7 Å². The highest BCUT2D eigenvalue weighted by Crippen LogP contribution is 2.36. The molecule has 3 aromatic rings. The summed E-state index contributed by atoms with van der Waals surface area (Å²) < 4.78 is 5.26. The number of nitrogens with one attached hydrogen (secondary N) is 2. The van der Waals surface area contributed by atoms with Crippen molar-refractivity contribution in [1.29, 1.82) is 0 Å². The van der Waals surface area contributed by atoms with Gasteiger partial charge in [-0.2, -0.15) is 0 Å². The van der Waals surface area contributed by atoms with Crippen LogP contribution in [-0.4, -0.2) is 35.0 Å². The Morgan fingerprint density at radius 2 is 1.81 bits per heavy atom. The Labute approximate surface area is 188 Å². The number of amides is 3. The van der Waals surface area contributed by atoms with Gasteiger partial charge in [0.1, 0.15) is 5.01 Å². The van der Waals surface area contributed by atoms with Crippen molar-refractivity contribution >= 4 is 40.6 Å². The second-order valence-corrected chi connectivity index (χ2v) is 9.09. The second-order valence-electron chi connectivity index (χ2n) is 7.06. The van der Waals surface area contributed by atoms with E-state index >= 15 is 0 Å². The standard InChI is InChI=1S/C22H23N3O4S2/c1-13(2)23-22(28)25-20(27)14(3)29-18(26)12-17-19(16-10-7-11-30-16)24-21(31-17)15-8-5-4-6-9-15/h4-11,13-14H,12H2,1-3H3,(H2,23,25,27,28). The van der Waals surface area contributed by atoms with E-state index in [2.05, 4.69) is 10.6 Å². The van der Waals surface area contributed by atoms with Gasteiger partial charge in [0.15, 0.2) is 6.10 Å². The summed E-state index contributed by atoms with van der Waals surface area (Å²) in [6.45, 7) is 4.98. The molecule has 31 heavy (non-hydrogen) atoms. The predicted molar refractivity (Wildman–Crippen MR) is 122 cm³/mol. The lowest BCUT2D eigenvalue weighted by atomic mass is 10.2. The SMILES string of the molecule is CC(C)NC(=O)NC(=O)C(C)OC(=O)Cc1sc(-c2ccccc2)nc1-c1cccs1. The Kier molecular flexibility index (Phi) is 7.54. The molecule has 1 atom stereocenters. The molecule has 1 unspecified atom stereocenters. The van der Waals surface area contributed by atoms with E-state index in [0.717, 1.165) is 26.0 Å². The van der Waals surface area contributed by atoms with E-state index in [9.17, 15) is 14.4 Å². The van der Waals surface area contributed by atoms with Gasteiger partial charge < -0.3 is 10.1 Å². The maximum atomic E-state index is 12.5. The molecular weight excluding hydrogens is 434 g/mol. The third-order valence-corrected chi connectivity index (χ3v) is 6.09. The summed E-state index contributed by atoms with van der Waals surface area (Å²) in [6, 6.07) is 12.9. The van der Waals surface area contributed by atoms with Gasteiger partial charge in [-0.25, -0.2) is 9.78 Å². The number of esters is 1. The maximum Gasteiger partial charge on any atom is 0.321 e. The highest BCUT2D eigenvalue weighted by Gasteiger charge is 2.23. The topological polar surface area (TPSA) is 97.4 Å². The van der Waals surface area contributed by atoms with Gasteiger partial charge in [-0.3, -0.25) is 14.9 Å². The number of hydrogen-bond donors (Lipinski definition) is 2. The van der Waals surface area contributed by atoms with E-state index in [1.807, 2.05) is 47.8 Å². The van der Waals surface area contributed by atoms with Crippen LogP contribution in [0.5, 0.6) is 0 Å². The van der Waals surface area contributed by atoms with E-state index in [1.54, 1.807) is 13.8 Å². The number of rotatable bonds is 7. The highest BCUT2D eigenvalue weighted by atomic mass is 32.1. The minimum atomic E-state index is -1.10. The zero-order valence-corrected chi connectivity index (χ0v) is 19.0. The summed E-state index contributed by atoms with van der Waals surface area (Å²) in [5, 5.41) is 7.47. The maximum absolute atomic E-state index is 12.5. The molecular formula is C22H23N3O4S2. The van der Waals surface area contributed by atoms with Crippen LogP contribution in [0.15, 0.2) is 47.8 Å². The molecule has 0 bridgehead atoms. The molecule has 1 aromatic carbocycles. The van der Waals surface area contributed by atoms with Crippen LogP contribution in [0.25, 0.3) is 21.1 Å². The number of urea groups is 1. The molecule has 0 radical (unpaired) electrons. The molecule has 2 aromatic heterocycles. The van der Waals surface area contributed by atoms with Gasteiger partial charge in [0.05, 0.1) is 17.0 Å². The second kappa shape index (κ2) is 10.3. The van der Waals surface area contributed by atoms with Crippen molar-refractivity contribution < 1.29 is 19.1 Å². The van der Waals surface area contributed by atoms with E-state index in [4.69, 9.17) is 9.72 Å². The first-order valence-electron chi connectivity index (χ1n) is 9.73. The minimum Gasteiger partial charge on any atom is -0.452 e. The Hall–Kier alpha value is -3.04. The average molecular weight is 458 g/mol. The molecule has 0 aliphatic rings. The molecule has 2 N–H and O–H groups in total. The lowest BCUT2D eigenvalue weighted by molar-refractivity contribution is -0.153. The third kappa shape index (κ3) is 6.22. The van der Waals surface area contributed by atoms with Gasteiger partial charge in [-0.15, -0.1) is 22.7 Å². The molecule has 7 nitrogen and oxygen atoms in total. The molecule has 0 spiro atoms. The van der Waals surface area contributed by atoms with Gasteiger partial charge in [-0.05, 0) is 32.2 Å². The van der Waals surface area contributed by atoms with Crippen LogP contribution in [-0.2, 0) is 20.7 Å². The van der Waals surface area contributed by atoms with Crippen LogP contribution in [0.2, 0.25) is 0 Å². The fraction of sp³-hybridized carbons (Fsp3) is 0.273. The summed E-state index contributed by atoms with van der Waals surface area (Å²) in [4.78, 5) is 42.8. The van der Waals surface area contributed by atoms with Crippen LogP contribution < -0.4 is 10.6 Å². The van der Waals surface area contributed by atoms with Crippen LogP contribution in [0, 0.1) is 0 Å².